The highest BCUT2D eigenvalue weighted by molar-refractivity contribution is 5.87. The number of hydrogen-bond donors (Lipinski definition) is 0. The van der Waals surface area contributed by atoms with Crippen LogP contribution in [0.25, 0.3) is 0 Å². The Morgan fingerprint density at radius 3 is 2.47 bits per heavy atom. The summed E-state index contributed by atoms with van der Waals surface area (Å²) in [6.45, 7) is 9.15. The smallest absolute Gasteiger partial charge is 0.333 e. The summed E-state index contributed by atoms with van der Waals surface area (Å²) in [4.78, 5) is 23.1. The fourth-order valence-electron chi connectivity index (χ4n) is 3.29. The number of esters is 1. The Hall–Kier alpha value is -1.12. The monoisotopic (exact) mass is 236 g/mol. The number of ketones is 1. The molecule has 17 heavy (non-hydrogen) atoms. The van der Waals surface area contributed by atoms with E-state index in [9.17, 15) is 9.59 Å². The molecule has 3 unspecified atom stereocenters. The first-order valence-electron chi connectivity index (χ1n) is 6.23. The number of carbonyl (C=O) groups excluding carboxylic acids is 2. The molecule has 0 spiro atoms. The number of carbonyl (C=O) groups is 2. The summed E-state index contributed by atoms with van der Waals surface area (Å²) in [6, 6.07) is 0. The van der Waals surface area contributed by atoms with Gasteiger partial charge in [-0.05, 0) is 39.5 Å². The molecule has 0 aliphatic heterocycles. The van der Waals surface area contributed by atoms with Crippen molar-refractivity contribution in [1.82, 2.24) is 0 Å². The average molecular weight is 236 g/mol. The van der Waals surface area contributed by atoms with Gasteiger partial charge >= 0.3 is 5.97 Å². The SMILES string of the molecule is C=C(C)C(=O)OC(C)(C)C1CC2CC1CC2=O. The quantitative estimate of drug-likeness (QED) is 0.558. The van der Waals surface area contributed by atoms with E-state index in [-0.39, 0.29) is 11.9 Å². The largest absolute Gasteiger partial charge is 0.456 e. The van der Waals surface area contributed by atoms with Gasteiger partial charge in [0.15, 0.2) is 0 Å². The number of Topliss-reactive ketones (excluding diaryl/α,β-unsaturated/α-hetero) is 1. The van der Waals surface area contributed by atoms with Gasteiger partial charge in [-0.1, -0.05) is 6.58 Å². The topological polar surface area (TPSA) is 43.4 Å². The molecule has 2 saturated carbocycles. The van der Waals surface area contributed by atoms with Gasteiger partial charge in [-0.25, -0.2) is 4.79 Å². The summed E-state index contributed by atoms with van der Waals surface area (Å²) >= 11 is 0. The van der Waals surface area contributed by atoms with E-state index in [1.165, 1.54) is 0 Å². The lowest BCUT2D eigenvalue weighted by Gasteiger charge is -2.36. The van der Waals surface area contributed by atoms with E-state index >= 15 is 0 Å². The molecule has 3 nitrogen and oxygen atoms in total. The Morgan fingerprint density at radius 2 is 2.06 bits per heavy atom. The van der Waals surface area contributed by atoms with E-state index < -0.39 is 5.60 Å². The molecule has 0 amide bonds. The van der Waals surface area contributed by atoms with Crippen molar-refractivity contribution in [2.24, 2.45) is 17.8 Å². The highest BCUT2D eigenvalue weighted by atomic mass is 16.6. The summed E-state index contributed by atoms with van der Waals surface area (Å²) < 4.78 is 5.52. The molecular weight excluding hydrogens is 216 g/mol. The molecule has 0 aromatic heterocycles. The van der Waals surface area contributed by atoms with Crippen LogP contribution in [0.4, 0.5) is 0 Å². The first kappa shape index (κ1) is 12.3. The first-order valence-corrected chi connectivity index (χ1v) is 6.23. The molecule has 94 valence electrons. The zero-order chi connectivity index (χ0) is 12.8. The third-order valence-electron chi connectivity index (χ3n) is 4.21. The zero-order valence-corrected chi connectivity index (χ0v) is 10.8. The third-order valence-corrected chi connectivity index (χ3v) is 4.21. The van der Waals surface area contributed by atoms with Gasteiger partial charge in [0, 0.05) is 23.8 Å². The number of ether oxygens (including phenoxy) is 1. The third kappa shape index (κ3) is 2.15. The van der Waals surface area contributed by atoms with Crippen LogP contribution in [0.5, 0.6) is 0 Å². The van der Waals surface area contributed by atoms with Gasteiger partial charge in [-0.2, -0.15) is 0 Å². The van der Waals surface area contributed by atoms with Crippen LogP contribution in [-0.2, 0) is 14.3 Å². The highest BCUT2D eigenvalue weighted by Gasteiger charge is 2.51. The van der Waals surface area contributed by atoms with E-state index in [4.69, 9.17) is 4.74 Å². The van der Waals surface area contributed by atoms with Crippen molar-refractivity contribution in [3.8, 4) is 0 Å². The summed E-state index contributed by atoms with van der Waals surface area (Å²) in [5, 5.41) is 0. The van der Waals surface area contributed by atoms with E-state index in [0.717, 1.165) is 12.8 Å². The Balaban J connectivity index is 2.05. The van der Waals surface area contributed by atoms with Gasteiger partial charge in [0.05, 0.1) is 0 Å². The van der Waals surface area contributed by atoms with Crippen LogP contribution in [0.3, 0.4) is 0 Å². The fourth-order valence-corrected chi connectivity index (χ4v) is 3.29. The van der Waals surface area contributed by atoms with E-state index in [0.29, 0.717) is 29.6 Å². The maximum Gasteiger partial charge on any atom is 0.333 e. The van der Waals surface area contributed by atoms with Crippen molar-refractivity contribution >= 4 is 11.8 Å². The molecule has 0 N–H and O–H groups in total. The molecule has 2 bridgehead atoms. The van der Waals surface area contributed by atoms with Crippen LogP contribution in [0, 0.1) is 17.8 Å². The molecular formula is C14H20O3. The van der Waals surface area contributed by atoms with E-state index in [1.54, 1.807) is 6.92 Å². The van der Waals surface area contributed by atoms with Gasteiger partial charge in [-0.15, -0.1) is 0 Å². The second-order valence-corrected chi connectivity index (χ2v) is 5.98. The van der Waals surface area contributed by atoms with Crippen LogP contribution in [-0.4, -0.2) is 17.4 Å². The Kier molecular flexibility index (Phi) is 2.88. The van der Waals surface area contributed by atoms with Crippen molar-refractivity contribution in [2.45, 2.75) is 45.6 Å². The summed E-state index contributed by atoms with van der Waals surface area (Å²) in [6.07, 6.45) is 2.53. The van der Waals surface area contributed by atoms with Crippen LogP contribution >= 0.6 is 0 Å². The standard InChI is InChI=1S/C14H20O3/c1-8(2)13(16)17-14(3,4)11-6-10-5-9(11)7-12(10)15/h9-11H,1,5-7H2,2-4H3. The van der Waals surface area contributed by atoms with E-state index in [2.05, 4.69) is 6.58 Å². The number of rotatable bonds is 3. The summed E-state index contributed by atoms with van der Waals surface area (Å²) in [7, 11) is 0. The molecule has 0 aromatic carbocycles. The van der Waals surface area contributed by atoms with Crippen molar-refractivity contribution in [1.29, 1.82) is 0 Å². The molecule has 2 aliphatic carbocycles. The Labute approximate surface area is 102 Å². The van der Waals surface area contributed by atoms with Gasteiger partial charge < -0.3 is 4.74 Å². The van der Waals surface area contributed by atoms with Crippen LogP contribution in [0.2, 0.25) is 0 Å². The molecule has 2 aliphatic rings. The first-order chi connectivity index (χ1) is 7.81. The van der Waals surface area contributed by atoms with Crippen LogP contribution in [0.15, 0.2) is 12.2 Å². The molecule has 0 radical (unpaired) electrons. The lowest BCUT2D eigenvalue weighted by atomic mass is 9.77. The predicted octanol–water partition coefficient (Wildman–Crippen LogP) is 2.50. The zero-order valence-electron chi connectivity index (χ0n) is 10.8. The van der Waals surface area contributed by atoms with E-state index in [1.807, 2.05) is 13.8 Å². The predicted molar refractivity (Wildman–Crippen MR) is 64.3 cm³/mol. The van der Waals surface area contributed by atoms with Crippen LogP contribution < -0.4 is 0 Å². The fraction of sp³-hybridized carbons (Fsp3) is 0.714. The minimum atomic E-state index is -0.490. The Bertz CT molecular complexity index is 381. The minimum absolute atomic E-state index is 0.216. The van der Waals surface area contributed by atoms with Gasteiger partial charge in [0.25, 0.3) is 0 Å². The normalized spacial score (nSPS) is 31.7. The molecule has 3 atom stereocenters. The molecule has 2 fully saturated rings. The second-order valence-electron chi connectivity index (χ2n) is 5.98. The number of hydrogen-bond acceptors (Lipinski definition) is 3. The second kappa shape index (κ2) is 3.97. The van der Waals surface area contributed by atoms with Crippen LogP contribution in [0.1, 0.15) is 40.0 Å². The lowest BCUT2D eigenvalue weighted by Crippen LogP contribution is -2.40. The minimum Gasteiger partial charge on any atom is -0.456 e. The van der Waals surface area contributed by atoms with Crippen molar-refractivity contribution in [3.63, 3.8) is 0 Å². The summed E-state index contributed by atoms with van der Waals surface area (Å²) in [5.74, 6) is 0.999. The van der Waals surface area contributed by atoms with Gasteiger partial charge in [-0.3, -0.25) is 4.79 Å². The molecule has 2 rings (SSSR count). The summed E-state index contributed by atoms with van der Waals surface area (Å²) in [5.41, 5.74) is -0.0619. The van der Waals surface area contributed by atoms with Crippen molar-refractivity contribution < 1.29 is 14.3 Å². The number of fused-ring (bicyclic) bond motifs is 2. The average Bonchev–Trinajstić information content (AvgIpc) is 2.75. The molecule has 0 saturated heterocycles. The highest BCUT2D eigenvalue weighted by Crippen LogP contribution is 2.51. The van der Waals surface area contributed by atoms with Crippen molar-refractivity contribution in [2.75, 3.05) is 0 Å². The maximum absolute atomic E-state index is 11.6. The Morgan fingerprint density at radius 1 is 1.41 bits per heavy atom. The van der Waals surface area contributed by atoms with Gasteiger partial charge in [0.2, 0.25) is 0 Å². The van der Waals surface area contributed by atoms with Crippen molar-refractivity contribution in [3.05, 3.63) is 12.2 Å². The maximum atomic E-state index is 11.6. The van der Waals surface area contributed by atoms with Gasteiger partial charge in [0.1, 0.15) is 11.4 Å². The lowest BCUT2D eigenvalue weighted by molar-refractivity contribution is -0.159. The molecule has 0 heterocycles. The molecule has 3 heteroatoms. The molecule has 0 aromatic rings.